The summed E-state index contributed by atoms with van der Waals surface area (Å²) in [5.41, 5.74) is 6.57. The molecule has 0 saturated heterocycles. The van der Waals surface area contributed by atoms with Gasteiger partial charge in [-0.05, 0) is 55.7 Å². The Hall–Kier alpha value is -3.90. The van der Waals surface area contributed by atoms with Crippen LogP contribution < -0.4 is 4.57 Å². The Kier molecular flexibility index (Phi) is 3.25. The van der Waals surface area contributed by atoms with Gasteiger partial charge in [-0.1, -0.05) is 36.3 Å². The Morgan fingerprint density at radius 2 is 1.71 bits per heavy atom. The van der Waals surface area contributed by atoms with Gasteiger partial charge in [0.05, 0.1) is 24.0 Å². The number of rotatable bonds is 2. The molecule has 0 fully saturated rings. The minimum Gasteiger partial charge on any atom is -0.454 e. The number of hydrogen-bond acceptors (Lipinski definition) is 2. The average molecular weight is 409 g/mol. The molecule has 150 valence electrons. The monoisotopic (exact) mass is 408 g/mol. The van der Waals surface area contributed by atoms with Crippen LogP contribution in [0.2, 0.25) is 0 Å². The number of fused-ring (bicyclic) bond motifs is 3. The number of nitriles is 1. The molecule has 2 aromatic heterocycles. The summed E-state index contributed by atoms with van der Waals surface area (Å²) in [4.78, 5) is 0. The predicted octanol–water partition coefficient (Wildman–Crippen LogP) is 6.54. The Balaban J connectivity index is 2.00. The van der Waals surface area contributed by atoms with Crippen molar-refractivity contribution in [2.45, 2.75) is 20.8 Å². The number of hydrogen-bond donors (Lipinski definition) is 0. The molecular formula is C28H23N2O+. The van der Waals surface area contributed by atoms with Crippen molar-refractivity contribution in [1.82, 2.24) is 0 Å². The molecule has 0 saturated carbocycles. The van der Waals surface area contributed by atoms with Crippen molar-refractivity contribution in [2.24, 2.45) is 7.05 Å². The van der Waals surface area contributed by atoms with E-state index in [-0.39, 0.29) is 17.6 Å². The second kappa shape index (κ2) is 7.11. The molecule has 3 heteroatoms. The third-order valence-corrected chi connectivity index (χ3v) is 5.71. The molecular weight excluding hydrogens is 380 g/mol. The van der Waals surface area contributed by atoms with Crippen LogP contribution in [0.15, 0.2) is 71.2 Å². The normalized spacial score (nSPS) is 13.5. The highest BCUT2D eigenvalue weighted by atomic mass is 16.3. The van der Waals surface area contributed by atoms with Crippen LogP contribution in [0, 0.1) is 32.1 Å². The Bertz CT molecular complexity index is 1770. The maximum Gasteiger partial charge on any atom is 0.216 e. The smallest absolute Gasteiger partial charge is 0.216 e. The molecule has 0 amide bonds. The Morgan fingerprint density at radius 1 is 0.935 bits per heavy atom. The van der Waals surface area contributed by atoms with Crippen molar-refractivity contribution < 1.29 is 15.8 Å². The molecule has 2 heterocycles. The molecule has 0 atom stereocenters. The topological polar surface area (TPSA) is 40.8 Å². The van der Waals surface area contributed by atoms with Crippen LogP contribution >= 0.6 is 0 Å². The summed E-state index contributed by atoms with van der Waals surface area (Å²) in [7, 11) is 1.97. The van der Waals surface area contributed by atoms with Crippen LogP contribution in [0.1, 0.15) is 29.1 Å². The van der Waals surface area contributed by atoms with E-state index in [0.717, 1.165) is 33.3 Å². The van der Waals surface area contributed by atoms with Crippen LogP contribution in [-0.4, -0.2) is 0 Å². The van der Waals surface area contributed by atoms with Gasteiger partial charge in [0.15, 0.2) is 6.20 Å². The summed E-state index contributed by atoms with van der Waals surface area (Å²) >= 11 is 0. The van der Waals surface area contributed by atoms with Crippen molar-refractivity contribution in [2.75, 3.05) is 0 Å². The summed E-state index contributed by atoms with van der Waals surface area (Å²) in [6.45, 7) is 5.99. The van der Waals surface area contributed by atoms with Crippen LogP contribution in [0.5, 0.6) is 0 Å². The molecule has 0 N–H and O–H groups in total. The van der Waals surface area contributed by atoms with Gasteiger partial charge in [-0.15, -0.1) is 0 Å². The zero-order valence-electron chi connectivity index (χ0n) is 22.8. The average Bonchev–Trinajstić information content (AvgIpc) is 3.24. The second-order valence-electron chi connectivity index (χ2n) is 7.87. The van der Waals surface area contributed by atoms with Crippen LogP contribution in [0.3, 0.4) is 0 Å². The van der Waals surface area contributed by atoms with Crippen molar-refractivity contribution in [3.8, 4) is 28.5 Å². The number of nitrogens with zero attached hydrogens (tertiary/aromatic N) is 2. The van der Waals surface area contributed by atoms with E-state index in [1.807, 2.05) is 50.7 Å². The fourth-order valence-electron chi connectivity index (χ4n) is 4.40. The minimum absolute atomic E-state index is 0.0476. The van der Waals surface area contributed by atoms with E-state index >= 15 is 0 Å². The second-order valence-corrected chi connectivity index (χ2v) is 7.87. The fourth-order valence-corrected chi connectivity index (χ4v) is 4.40. The molecule has 3 nitrogen and oxygen atoms in total. The van der Waals surface area contributed by atoms with E-state index in [2.05, 4.69) is 12.1 Å². The van der Waals surface area contributed by atoms with Gasteiger partial charge in [0.25, 0.3) is 0 Å². The third kappa shape index (κ3) is 2.92. The summed E-state index contributed by atoms with van der Waals surface area (Å²) < 4.78 is 49.8. The van der Waals surface area contributed by atoms with Gasteiger partial charge in [-0.3, -0.25) is 0 Å². The van der Waals surface area contributed by atoms with Gasteiger partial charge < -0.3 is 4.42 Å². The zero-order valence-corrected chi connectivity index (χ0v) is 17.8. The molecule has 0 radical (unpaired) electrons. The molecule has 0 unspecified atom stereocenters. The maximum atomic E-state index is 9.96. The lowest BCUT2D eigenvalue weighted by Crippen LogP contribution is -2.31. The molecule has 0 spiro atoms. The molecule has 31 heavy (non-hydrogen) atoms. The number of pyridine rings is 1. The van der Waals surface area contributed by atoms with E-state index in [9.17, 15) is 5.26 Å². The Labute approximate surface area is 188 Å². The van der Waals surface area contributed by atoms with Gasteiger partial charge in [-0.25, -0.2) is 4.57 Å². The molecule has 0 bridgehead atoms. The van der Waals surface area contributed by atoms with Gasteiger partial charge >= 0.3 is 0 Å². The SMILES string of the molecule is [2H]c1c([2H])c([2H])c(-c2ccc(C#N)c3c2oc2c(-c4ccc(C)c[n+]4C)c(C)cc(C)c23)c([2H])c1[2H]. The number of furan rings is 1. The van der Waals surface area contributed by atoms with Crippen LogP contribution in [-0.2, 0) is 7.05 Å². The first-order valence-electron chi connectivity index (χ1n) is 12.5. The summed E-state index contributed by atoms with van der Waals surface area (Å²) in [5, 5.41) is 11.3. The van der Waals surface area contributed by atoms with Gasteiger partial charge in [0, 0.05) is 28.0 Å². The highest BCUT2D eigenvalue weighted by Gasteiger charge is 2.24. The Morgan fingerprint density at radius 3 is 2.42 bits per heavy atom. The lowest BCUT2D eigenvalue weighted by Gasteiger charge is -2.08. The van der Waals surface area contributed by atoms with Crippen LogP contribution in [0.4, 0.5) is 0 Å². The first-order valence-corrected chi connectivity index (χ1v) is 10.00. The van der Waals surface area contributed by atoms with E-state index in [4.69, 9.17) is 11.3 Å². The molecule has 5 aromatic rings. The van der Waals surface area contributed by atoms with Crippen molar-refractivity contribution in [3.63, 3.8) is 0 Å². The van der Waals surface area contributed by atoms with E-state index in [0.29, 0.717) is 27.7 Å². The van der Waals surface area contributed by atoms with E-state index < -0.39 is 18.1 Å². The third-order valence-electron chi connectivity index (χ3n) is 5.71. The summed E-state index contributed by atoms with van der Waals surface area (Å²) in [6.07, 6.45) is 2.03. The highest BCUT2D eigenvalue weighted by molar-refractivity contribution is 6.16. The van der Waals surface area contributed by atoms with Crippen molar-refractivity contribution in [1.29, 1.82) is 5.26 Å². The molecule has 3 aromatic carbocycles. The number of aryl methyl sites for hydroxylation is 4. The molecule has 0 aliphatic rings. The largest absolute Gasteiger partial charge is 0.454 e. The molecule has 0 aliphatic carbocycles. The van der Waals surface area contributed by atoms with Crippen molar-refractivity contribution in [3.05, 3.63) is 89.0 Å². The first kappa shape index (κ1) is 14.2. The zero-order chi connectivity index (χ0) is 26.0. The van der Waals surface area contributed by atoms with E-state index in [1.165, 1.54) is 0 Å². The lowest BCUT2D eigenvalue weighted by molar-refractivity contribution is -0.660. The van der Waals surface area contributed by atoms with E-state index in [1.54, 1.807) is 12.1 Å². The number of benzene rings is 3. The number of aromatic nitrogens is 1. The minimum atomic E-state index is -0.455. The fraction of sp³-hybridized carbons (Fsp3) is 0.143. The van der Waals surface area contributed by atoms with Crippen LogP contribution in [0.25, 0.3) is 44.3 Å². The van der Waals surface area contributed by atoms with Crippen molar-refractivity contribution >= 4 is 21.9 Å². The lowest BCUT2D eigenvalue weighted by atomic mass is 9.94. The predicted molar refractivity (Wildman–Crippen MR) is 125 cm³/mol. The van der Waals surface area contributed by atoms with Gasteiger partial charge in [-0.2, -0.15) is 5.26 Å². The first-order chi connectivity index (χ1) is 17.1. The standard InChI is InChI=1S/C28H23N2O/c1-17-10-13-23(30(4)16-17)24-18(2)14-19(3)25-26-21(15-29)11-12-22(27(26)31-28(24)25)20-8-6-5-7-9-20/h5-14,16H,1-4H3/q+1/i5D,6D,7D,8D,9D. The maximum absolute atomic E-state index is 9.96. The summed E-state index contributed by atoms with van der Waals surface area (Å²) in [6, 6.07) is 9.67. The molecule has 5 rings (SSSR count). The van der Waals surface area contributed by atoms with Gasteiger partial charge in [0.1, 0.15) is 18.2 Å². The summed E-state index contributed by atoms with van der Waals surface area (Å²) in [5.74, 6) is 0. The highest BCUT2D eigenvalue weighted by Crippen LogP contribution is 2.43. The quantitative estimate of drug-likeness (QED) is 0.311. The van der Waals surface area contributed by atoms with Gasteiger partial charge in [0.2, 0.25) is 5.69 Å². The molecule has 0 aliphatic heterocycles.